The highest BCUT2D eigenvalue weighted by Crippen LogP contribution is 2.28. The Bertz CT molecular complexity index is 1190. The van der Waals surface area contributed by atoms with E-state index in [0.717, 1.165) is 5.52 Å². The van der Waals surface area contributed by atoms with Crippen LogP contribution in [0.4, 0.5) is 16.0 Å². The number of aryl methyl sites for hydroxylation is 1. The van der Waals surface area contributed by atoms with Crippen molar-refractivity contribution in [1.82, 2.24) is 14.5 Å². The maximum absolute atomic E-state index is 13.7. The van der Waals surface area contributed by atoms with Crippen molar-refractivity contribution in [2.45, 2.75) is 0 Å². The molecule has 140 valence electrons. The standard InChI is InChI=1S/C20H14BrFN4O2/c1-26-19-5-3-14(28-15-6-7-23-13(8-15)11-27)10-18(19)25-20(26)24-12-2-4-16(21)17(22)9-12/h2-11H,1H3,(H,24,25). The fourth-order valence-electron chi connectivity index (χ4n) is 2.75. The predicted molar refractivity (Wildman–Crippen MR) is 108 cm³/mol. The fourth-order valence-corrected chi connectivity index (χ4v) is 3.00. The lowest BCUT2D eigenvalue weighted by Gasteiger charge is -2.07. The van der Waals surface area contributed by atoms with Crippen LogP contribution in [0.5, 0.6) is 11.5 Å². The minimum atomic E-state index is -0.355. The number of anilines is 2. The van der Waals surface area contributed by atoms with Gasteiger partial charge in [0, 0.05) is 31.1 Å². The molecule has 28 heavy (non-hydrogen) atoms. The molecule has 0 saturated heterocycles. The molecule has 0 atom stereocenters. The number of fused-ring (bicyclic) bond motifs is 1. The highest BCUT2D eigenvalue weighted by Gasteiger charge is 2.11. The Morgan fingerprint density at radius 1 is 1.14 bits per heavy atom. The van der Waals surface area contributed by atoms with Crippen molar-refractivity contribution in [2.75, 3.05) is 5.32 Å². The van der Waals surface area contributed by atoms with Gasteiger partial charge in [-0.05, 0) is 52.3 Å². The van der Waals surface area contributed by atoms with Crippen molar-refractivity contribution < 1.29 is 13.9 Å². The molecule has 8 heteroatoms. The number of nitrogens with zero attached hydrogens (tertiary/aromatic N) is 3. The molecule has 4 aromatic rings. The molecule has 0 radical (unpaired) electrons. The first-order chi connectivity index (χ1) is 13.5. The monoisotopic (exact) mass is 440 g/mol. The van der Waals surface area contributed by atoms with E-state index >= 15 is 0 Å². The molecule has 0 aliphatic heterocycles. The van der Waals surface area contributed by atoms with Crippen LogP contribution in [0.2, 0.25) is 0 Å². The maximum Gasteiger partial charge on any atom is 0.208 e. The summed E-state index contributed by atoms with van der Waals surface area (Å²) in [5.74, 6) is 1.30. The van der Waals surface area contributed by atoms with E-state index in [-0.39, 0.29) is 5.82 Å². The Morgan fingerprint density at radius 2 is 1.96 bits per heavy atom. The Kier molecular flexibility index (Phi) is 4.79. The average molecular weight is 441 g/mol. The molecule has 2 heterocycles. The molecule has 0 saturated carbocycles. The third-order valence-electron chi connectivity index (χ3n) is 4.14. The Labute approximate surface area is 168 Å². The quantitative estimate of drug-likeness (QED) is 0.431. The summed E-state index contributed by atoms with van der Waals surface area (Å²) < 4.78 is 21.8. The van der Waals surface area contributed by atoms with Crippen molar-refractivity contribution in [3.05, 3.63) is 70.7 Å². The Hall–Kier alpha value is -3.26. The molecular formula is C20H14BrFN4O2. The summed E-state index contributed by atoms with van der Waals surface area (Å²) in [6.07, 6.45) is 2.18. The lowest BCUT2D eigenvalue weighted by atomic mass is 10.3. The van der Waals surface area contributed by atoms with Crippen LogP contribution in [0.3, 0.4) is 0 Å². The Balaban J connectivity index is 1.63. The van der Waals surface area contributed by atoms with Crippen molar-refractivity contribution in [3.63, 3.8) is 0 Å². The summed E-state index contributed by atoms with van der Waals surface area (Å²) in [5.41, 5.74) is 2.49. The average Bonchev–Trinajstić information content (AvgIpc) is 3.00. The molecule has 2 aromatic carbocycles. The number of nitrogens with one attached hydrogen (secondary N) is 1. The van der Waals surface area contributed by atoms with Crippen LogP contribution >= 0.6 is 15.9 Å². The summed E-state index contributed by atoms with van der Waals surface area (Å²) in [7, 11) is 1.87. The minimum Gasteiger partial charge on any atom is -0.457 e. The zero-order chi connectivity index (χ0) is 19.7. The molecule has 1 N–H and O–H groups in total. The Morgan fingerprint density at radius 3 is 2.75 bits per heavy atom. The van der Waals surface area contributed by atoms with Gasteiger partial charge in [-0.15, -0.1) is 0 Å². The number of rotatable bonds is 5. The number of carbonyl (C=O) groups is 1. The summed E-state index contributed by atoms with van der Waals surface area (Å²) in [5, 5.41) is 3.12. The summed E-state index contributed by atoms with van der Waals surface area (Å²) >= 11 is 3.14. The van der Waals surface area contributed by atoms with Gasteiger partial charge in [-0.2, -0.15) is 0 Å². The number of halogens is 2. The third-order valence-corrected chi connectivity index (χ3v) is 4.78. The highest BCUT2D eigenvalue weighted by molar-refractivity contribution is 9.10. The van der Waals surface area contributed by atoms with Gasteiger partial charge in [0.05, 0.1) is 15.5 Å². The first kappa shape index (κ1) is 18.1. The molecule has 0 spiro atoms. The molecular weight excluding hydrogens is 427 g/mol. The molecule has 6 nitrogen and oxygen atoms in total. The van der Waals surface area contributed by atoms with Crippen LogP contribution in [0, 0.1) is 5.82 Å². The zero-order valence-electron chi connectivity index (χ0n) is 14.7. The second-order valence-corrected chi connectivity index (χ2v) is 6.89. The van der Waals surface area contributed by atoms with Crippen LogP contribution in [0.25, 0.3) is 11.0 Å². The van der Waals surface area contributed by atoms with Gasteiger partial charge in [0.1, 0.15) is 23.0 Å². The molecule has 0 unspecified atom stereocenters. The molecule has 0 amide bonds. The molecule has 2 aromatic heterocycles. The smallest absolute Gasteiger partial charge is 0.208 e. The number of aldehydes is 1. The van der Waals surface area contributed by atoms with Gasteiger partial charge in [0.25, 0.3) is 0 Å². The van der Waals surface area contributed by atoms with Gasteiger partial charge in [-0.3, -0.25) is 9.78 Å². The predicted octanol–water partition coefficient (Wildman–Crippen LogP) is 5.22. The third kappa shape index (κ3) is 3.59. The van der Waals surface area contributed by atoms with Crippen molar-refractivity contribution in [1.29, 1.82) is 0 Å². The van der Waals surface area contributed by atoms with Crippen LogP contribution < -0.4 is 10.1 Å². The number of hydrogen-bond acceptors (Lipinski definition) is 5. The second kappa shape index (κ2) is 7.40. The van der Waals surface area contributed by atoms with E-state index in [0.29, 0.717) is 45.1 Å². The van der Waals surface area contributed by atoms with Crippen LogP contribution in [-0.4, -0.2) is 20.8 Å². The number of carbonyl (C=O) groups excluding carboxylic acids is 1. The van der Waals surface area contributed by atoms with E-state index in [1.165, 1.54) is 12.3 Å². The van der Waals surface area contributed by atoms with E-state index < -0.39 is 0 Å². The normalized spacial score (nSPS) is 10.8. The maximum atomic E-state index is 13.7. The number of hydrogen-bond donors (Lipinski definition) is 1. The SMILES string of the molecule is Cn1c(Nc2ccc(Br)c(F)c2)nc2cc(Oc3ccnc(C=O)c3)ccc21. The topological polar surface area (TPSA) is 69.0 Å². The van der Waals surface area contributed by atoms with E-state index in [1.54, 1.807) is 30.3 Å². The van der Waals surface area contributed by atoms with Crippen LogP contribution in [0.15, 0.2) is 59.2 Å². The molecule has 0 aliphatic carbocycles. The minimum absolute atomic E-state index is 0.296. The molecule has 4 rings (SSSR count). The van der Waals surface area contributed by atoms with Gasteiger partial charge in [-0.25, -0.2) is 9.37 Å². The lowest BCUT2D eigenvalue weighted by Crippen LogP contribution is -1.99. The van der Waals surface area contributed by atoms with Gasteiger partial charge < -0.3 is 14.6 Å². The largest absolute Gasteiger partial charge is 0.457 e. The van der Waals surface area contributed by atoms with Crippen molar-refractivity contribution in [3.8, 4) is 11.5 Å². The van der Waals surface area contributed by atoms with Crippen LogP contribution in [0.1, 0.15) is 10.5 Å². The molecule has 0 bridgehead atoms. The first-order valence-corrected chi connectivity index (χ1v) is 9.10. The molecule has 0 fully saturated rings. The number of imidazole rings is 1. The number of ether oxygens (including phenoxy) is 1. The van der Waals surface area contributed by atoms with E-state index in [4.69, 9.17) is 4.74 Å². The second-order valence-electron chi connectivity index (χ2n) is 6.04. The van der Waals surface area contributed by atoms with Crippen molar-refractivity contribution in [2.24, 2.45) is 7.05 Å². The molecule has 0 aliphatic rings. The van der Waals surface area contributed by atoms with Gasteiger partial charge >= 0.3 is 0 Å². The van der Waals surface area contributed by atoms with Gasteiger partial charge in [0.2, 0.25) is 5.95 Å². The number of benzene rings is 2. The van der Waals surface area contributed by atoms with E-state index in [9.17, 15) is 9.18 Å². The number of pyridine rings is 1. The fraction of sp³-hybridized carbons (Fsp3) is 0.0500. The zero-order valence-corrected chi connectivity index (χ0v) is 16.3. The summed E-state index contributed by atoms with van der Waals surface area (Å²) in [6.45, 7) is 0. The number of aromatic nitrogens is 3. The van der Waals surface area contributed by atoms with Gasteiger partial charge in [0.15, 0.2) is 6.29 Å². The van der Waals surface area contributed by atoms with Crippen LogP contribution in [-0.2, 0) is 7.05 Å². The first-order valence-electron chi connectivity index (χ1n) is 8.31. The summed E-state index contributed by atoms with van der Waals surface area (Å²) in [4.78, 5) is 19.3. The highest BCUT2D eigenvalue weighted by atomic mass is 79.9. The van der Waals surface area contributed by atoms with Crippen molar-refractivity contribution >= 4 is 44.9 Å². The van der Waals surface area contributed by atoms with E-state index in [1.807, 2.05) is 23.7 Å². The van der Waals surface area contributed by atoms with Gasteiger partial charge in [-0.1, -0.05) is 0 Å². The summed E-state index contributed by atoms with van der Waals surface area (Å²) in [6, 6.07) is 13.5. The lowest BCUT2D eigenvalue weighted by molar-refractivity contribution is 0.111. The van der Waals surface area contributed by atoms with E-state index in [2.05, 4.69) is 31.2 Å².